The number of halogens is 1. The molecule has 4 heteroatoms. The van der Waals surface area contributed by atoms with Gasteiger partial charge in [-0.25, -0.2) is 0 Å². The average molecular weight is 256 g/mol. The van der Waals surface area contributed by atoms with Crippen molar-refractivity contribution in [2.75, 3.05) is 19.3 Å². The van der Waals surface area contributed by atoms with Crippen molar-refractivity contribution >= 4 is 29.3 Å². The van der Waals surface area contributed by atoms with Crippen LogP contribution in [0.4, 0.5) is 0 Å². The number of likely N-dealkylation sites (tertiary alicyclic amines) is 1. The molecule has 16 heavy (non-hydrogen) atoms. The lowest BCUT2D eigenvalue weighted by molar-refractivity contribution is 0.0789. The number of alkyl halides is 1. The number of thioether (sulfide) groups is 1. The van der Waals surface area contributed by atoms with Crippen molar-refractivity contribution in [3.8, 4) is 0 Å². The molecular formula is C12H14ClNOS. The van der Waals surface area contributed by atoms with Gasteiger partial charge < -0.3 is 4.90 Å². The maximum absolute atomic E-state index is 12.2. The van der Waals surface area contributed by atoms with Crippen molar-refractivity contribution in [3.63, 3.8) is 0 Å². The minimum atomic E-state index is 0.105. The Morgan fingerprint density at radius 3 is 2.88 bits per heavy atom. The van der Waals surface area contributed by atoms with Crippen molar-refractivity contribution in [2.45, 2.75) is 16.7 Å². The Hall–Kier alpha value is -0.670. The highest BCUT2D eigenvalue weighted by Crippen LogP contribution is 2.24. The Bertz CT molecular complexity index is 396. The third-order valence-corrected chi connectivity index (χ3v) is 3.91. The Morgan fingerprint density at radius 1 is 1.50 bits per heavy atom. The lowest BCUT2D eigenvalue weighted by Crippen LogP contribution is -2.29. The quantitative estimate of drug-likeness (QED) is 0.598. The largest absolute Gasteiger partial charge is 0.337 e. The zero-order chi connectivity index (χ0) is 11.5. The Kier molecular flexibility index (Phi) is 3.77. The summed E-state index contributed by atoms with van der Waals surface area (Å²) >= 11 is 7.62. The number of amides is 1. The van der Waals surface area contributed by atoms with Crippen LogP contribution in [-0.4, -0.2) is 35.5 Å². The van der Waals surface area contributed by atoms with Crippen LogP contribution in [0.3, 0.4) is 0 Å². The monoisotopic (exact) mass is 255 g/mol. The molecule has 0 spiro atoms. The second kappa shape index (κ2) is 5.11. The summed E-state index contributed by atoms with van der Waals surface area (Å²) in [5.74, 6) is 0.105. The van der Waals surface area contributed by atoms with Gasteiger partial charge in [0.15, 0.2) is 0 Å². The fourth-order valence-electron chi connectivity index (χ4n) is 1.89. The van der Waals surface area contributed by atoms with Gasteiger partial charge in [-0.1, -0.05) is 12.1 Å². The van der Waals surface area contributed by atoms with Crippen LogP contribution < -0.4 is 0 Å². The van der Waals surface area contributed by atoms with E-state index >= 15 is 0 Å². The van der Waals surface area contributed by atoms with Crippen molar-refractivity contribution in [1.29, 1.82) is 0 Å². The van der Waals surface area contributed by atoms with E-state index in [1.165, 1.54) is 0 Å². The Labute approximate surface area is 105 Å². The van der Waals surface area contributed by atoms with Gasteiger partial charge in [0.05, 0.1) is 10.9 Å². The molecule has 1 saturated heterocycles. The number of carbonyl (C=O) groups is 1. The van der Waals surface area contributed by atoms with E-state index in [1.807, 2.05) is 35.4 Å². The zero-order valence-electron chi connectivity index (χ0n) is 9.15. The van der Waals surface area contributed by atoms with E-state index in [2.05, 4.69) is 0 Å². The molecule has 0 bridgehead atoms. The molecule has 1 aromatic carbocycles. The van der Waals surface area contributed by atoms with Crippen LogP contribution in [-0.2, 0) is 0 Å². The van der Waals surface area contributed by atoms with Crippen LogP contribution in [0.5, 0.6) is 0 Å². The van der Waals surface area contributed by atoms with Crippen LogP contribution in [0.25, 0.3) is 0 Å². The smallest absolute Gasteiger partial charge is 0.255 e. The first-order chi connectivity index (χ1) is 7.72. The molecule has 2 nitrogen and oxygen atoms in total. The summed E-state index contributed by atoms with van der Waals surface area (Å²) in [5.41, 5.74) is 0.792. The fourth-order valence-corrected chi connectivity index (χ4v) is 2.75. The molecule has 1 heterocycles. The first kappa shape index (κ1) is 11.8. The lowest BCUT2D eigenvalue weighted by atomic mass is 10.2. The van der Waals surface area contributed by atoms with Crippen LogP contribution in [0.2, 0.25) is 0 Å². The van der Waals surface area contributed by atoms with Gasteiger partial charge in [0.2, 0.25) is 0 Å². The molecule has 2 rings (SSSR count). The van der Waals surface area contributed by atoms with Gasteiger partial charge in [0, 0.05) is 18.0 Å². The lowest BCUT2D eigenvalue weighted by Gasteiger charge is -2.17. The van der Waals surface area contributed by atoms with Crippen molar-refractivity contribution < 1.29 is 4.79 Å². The summed E-state index contributed by atoms with van der Waals surface area (Å²) in [6.07, 6.45) is 2.88. The molecule has 1 aliphatic rings. The molecule has 0 aromatic heterocycles. The zero-order valence-corrected chi connectivity index (χ0v) is 10.7. The minimum absolute atomic E-state index is 0.105. The van der Waals surface area contributed by atoms with Gasteiger partial charge in [-0.2, -0.15) is 0 Å². The topological polar surface area (TPSA) is 20.3 Å². The van der Waals surface area contributed by atoms with E-state index in [-0.39, 0.29) is 11.3 Å². The molecule has 1 atom stereocenters. The fraction of sp³-hybridized carbons (Fsp3) is 0.417. The molecule has 1 amide bonds. The van der Waals surface area contributed by atoms with Gasteiger partial charge in [0.25, 0.3) is 5.91 Å². The van der Waals surface area contributed by atoms with Crippen LogP contribution in [0, 0.1) is 0 Å². The number of benzene rings is 1. The molecule has 86 valence electrons. The number of carbonyl (C=O) groups excluding carboxylic acids is 1. The van der Waals surface area contributed by atoms with Crippen molar-refractivity contribution in [1.82, 2.24) is 4.90 Å². The van der Waals surface area contributed by atoms with E-state index < -0.39 is 0 Å². The van der Waals surface area contributed by atoms with Crippen molar-refractivity contribution in [2.24, 2.45) is 0 Å². The van der Waals surface area contributed by atoms with E-state index in [0.29, 0.717) is 6.54 Å². The van der Waals surface area contributed by atoms with Crippen molar-refractivity contribution in [3.05, 3.63) is 29.8 Å². The predicted octanol–water partition coefficient (Wildman–Crippen LogP) is 2.86. The number of hydrogen-bond donors (Lipinski definition) is 0. The average Bonchev–Trinajstić information content (AvgIpc) is 2.75. The van der Waals surface area contributed by atoms with Crippen LogP contribution in [0.15, 0.2) is 29.2 Å². The first-order valence-corrected chi connectivity index (χ1v) is 6.95. The first-order valence-electron chi connectivity index (χ1n) is 5.28. The summed E-state index contributed by atoms with van der Waals surface area (Å²) in [4.78, 5) is 15.1. The summed E-state index contributed by atoms with van der Waals surface area (Å²) in [6.45, 7) is 1.44. The van der Waals surface area contributed by atoms with E-state index in [4.69, 9.17) is 11.6 Å². The highest BCUT2D eigenvalue weighted by Gasteiger charge is 2.26. The molecule has 1 aromatic rings. The third kappa shape index (κ3) is 2.36. The maximum Gasteiger partial charge on any atom is 0.255 e. The minimum Gasteiger partial charge on any atom is -0.337 e. The Balaban J connectivity index is 2.20. The van der Waals surface area contributed by atoms with Gasteiger partial charge >= 0.3 is 0 Å². The number of hydrogen-bond acceptors (Lipinski definition) is 2. The normalized spacial score (nSPS) is 20.1. The third-order valence-electron chi connectivity index (χ3n) is 2.76. The van der Waals surface area contributed by atoms with E-state index in [1.54, 1.807) is 11.8 Å². The molecule has 1 fully saturated rings. The standard InChI is InChI=1S/C12H14ClNOS/c1-16-11-5-3-2-4-10(11)12(15)14-7-6-9(13)8-14/h2-5,9H,6-8H2,1H3. The molecule has 0 N–H and O–H groups in total. The van der Waals surface area contributed by atoms with Crippen LogP contribution >= 0.6 is 23.4 Å². The summed E-state index contributed by atoms with van der Waals surface area (Å²) in [6, 6.07) is 7.72. The number of nitrogens with zero attached hydrogens (tertiary/aromatic N) is 1. The second-order valence-electron chi connectivity index (χ2n) is 3.84. The van der Waals surface area contributed by atoms with Gasteiger partial charge in [-0.15, -0.1) is 23.4 Å². The van der Waals surface area contributed by atoms with Gasteiger partial charge in [0.1, 0.15) is 0 Å². The van der Waals surface area contributed by atoms with E-state index in [9.17, 15) is 4.79 Å². The predicted molar refractivity (Wildman–Crippen MR) is 68.4 cm³/mol. The molecule has 0 radical (unpaired) electrons. The highest BCUT2D eigenvalue weighted by molar-refractivity contribution is 7.98. The highest BCUT2D eigenvalue weighted by atomic mass is 35.5. The summed E-state index contributed by atoms with van der Waals surface area (Å²) < 4.78 is 0. The van der Waals surface area contributed by atoms with E-state index in [0.717, 1.165) is 23.4 Å². The second-order valence-corrected chi connectivity index (χ2v) is 5.30. The summed E-state index contributed by atoms with van der Waals surface area (Å²) in [5, 5.41) is 0.116. The molecule has 1 unspecified atom stereocenters. The molecule has 0 aliphatic carbocycles. The molecular weight excluding hydrogens is 242 g/mol. The Morgan fingerprint density at radius 2 is 2.25 bits per heavy atom. The summed E-state index contributed by atoms with van der Waals surface area (Å²) in [7, 11) is 0. The maximum atomic E-state index is 12.2. The number of rotatable bonds is 2. The van der Waals surface area contributed by atoms with Crippen LogP contribution in [0.1, 0.15) is 16.8 Å². The van der Waals surface area contributed by atoms with Gasteiger partial charge in [-0.05, 0) is 24.8 Å². The molecule has 1 aliphatic heterocycles. The van der Waals surface area contributed by atoms with Gasteiger partial charge in [-0.3, -0.25) is 4.79 Å². The SMILES string of the molecule is CSc1ccccc1C(=O)N1CCC(Cl)C1. The molecule has 0 saturated carbocycles.